The second kappa shape index (κ2) is 6.25. The molecule has 1 heterocycles. The molecule has 6 heteroatoms. The first kappa shape index (κ1) is 16.1. The van der Waals surface area contributed by atoms with Crippen molar-refractivity contribution >= 4 is 12.1 Å². The van der Waals surface area contributed by atoms with Crippen LogP contribution in [-0.4, -0.2) is 35.4 Å². The van der Waals surface area contributed by atoms with E-state index >= 15 is 0 Å². The van der Waals surface area contributed by atoms with Gasteiger partial charge in [-0.15, -0.1) is 0 Å². The molecule has 1 aromatic rings. The highest BCUT2D eigenvalue weighted by Crippen LogP contribution is 2.26. The molecular formula is C16H21NO5. The third-order valence-electron chi connectivity index (χ3n) is 3.18. The van der Waals surface area contributed by atoms with Gasteiger partial charge in [-0.1, -0.05) is 12.1 Å². The van der Waals surface area contributed by atoms with Crippen molar-refractivity contribution in [3.8, 4) is 5.75 Å². The Kier molecular flexibility index (Phi) is 4.59. The number of benzene rings is 1. The van der Waals surface area contributed by atoms with E-state index in [4.69, 9.17) is 9.47 Å². The minimum absolute atomic E-state index is 0.196. The Hall–Kier alpha value is -2.24. The van der Waals surface area contributed by atoms with Crippen LogP contribution in [0.15, 0.2) is 18.2 Å². The van der Waals surface area contributed by atoms with Crippen molar-refractivity contribution in [2.24, 2.45) is 0 Å². The maximum Gasteiger partial charge on any atom is 0.408 e. The fourth-order valence-electron chi connectivity index (χ4n) is 2.25. The number of rotatable bonds is 4. The molecule has 6 nitrogen and oxygen atoms in total. The lowest BCUT2D eigenvalue weighted by Crippen LogP contribution is -2.44. The summed E-state index contributed by atoms with van der Waals surface area (Å²) in [5.74, 6) is -0.252. The standard InChI is InChI=1S/C16H21NO5/c1-16(2,3)22-15(20)17-12(14(18)19)9-10-4-5-13-11(8-10)6-7-21-13/h4-5,8,12H,6-7,9H2,1-3H3,(H,17,20)(H,18,19)/t12-/m0/s1. The molecule has 1 amide bonds. The number of carbonyl (C=O) groups excluding carboxylic acids is 1. The summed E-state index contributed by atoms with van der Waals surface area (Å²) in [7, 11) is 0. The van der Waals surface area contributed by atoms with Crippen molar-refractivity contribution in [2.75, 3.05) is 6.61 Å². The summed E-state index contributed by atoms with van der Waals surface area (Å²) in [5.41, 5.74) is 1.24. The van der Waals surface area contributed by atoms with Crippen molar-refractivity contribution < 1.29 is 24.2 Å². The highest BCUT2D eigenvalue weighted by atomic mass is 16.6. The Morgan fingerprint density at radius 3 is 2.77 bits per heavy atom. The molecule has 0 unspecified atom stereocenters. The number of aliphatic carboxylic acids is 1. The molecule has 1 aromatic carbocycles. The molecule has 1 atom stereocenters. The van der Waals surface area contributed by atoms with E-state index in [1.54, 1.807) is 20.8 Å². The molecule has 0 saturated carbocycles. The lowest BCUT2D eigenvalue weighted by Gasteiger charge is -2.22. The predicted octanol–water partition coefficient (Wildman–Crippen LogP) is 2.14. The SMILES string of the molecule is CC(C)(C)OC(=O)N[C@@H](Cc1ccc2c(c1)CCO2)C(=O)O. The lowest BCUT2D eigenvalue weighted by atomic mass is 10.0. The van der Waals surface area contributed by atoms with Gasteiger partial charge in [0.15, 0.2) is 0 Å². The van der Waals surface area contributed by atoms with Crippen molar-refractivity contribution in [3.63, 3.8) is 0 Å². The average Bonchev–Trinajstić information content (AvgIpc) is 2.82. The Labute approximate surface area is 129 Å². The summed E-state index contributed by atoms with van der Waals surface area (Å²) in [6, 6.07) is 4.55. The lowest BCUT2D eigenvalue weighted by molar-refractivity contribution is -0.139. The smallest absolute Gasteiger partial charge is 0.408 e. The third kappa shape index (κ3) is 4.38. The molecular weight excluding hydrogens is 286 g/mol. The Balaban J connectivity index is 2.03. The number of carbonyl (C=O) groups is 2. The van der Waals surface area contributed by atoms with E-state index in [-0.39, 0.29) is 6.42 Å². The molecule has 0 fully saturated rings. The van der Waals surface area contributed by atoms with Crippen LogP contribution in [-0.2, 0) is 22.4 Å². The van der Waals surface area contributed by atoms with Crippen LogP contribution in [0.2, 0.25) is 0 Å². The molecule has 22 heavy (non-hydrogen) atoms. The van der Waals surface area contributed by atoms with Crippen LogP contribution in [0.4, 0.5) is 4.79 Å². The van der Waals surface area contributed by atoms with Crippen molar-refractivity contribution in [1.82, 2.24) is 5.32 Å². The number of carboxylic acids is 1. The van der Waals surface area contributed by atoms with Crippen LogP contribution in [0.25, 0.3) is 0 Å². The van der Waals surface area contributed by atoms with Crippen LogP contribution in [0.1, 0.15) is 31.9 Å². The normalized spacial score (nSPS) is 14.7. The number of fused-ring (bicyclic) bond motifs is 1. The van der Waals surface area contributed by atoms with Gasteiger partial charge in [0.2, 0.25) is 0 Å². The van der Waals surface area contributed by atoms with E-state index < -0.39 is 23.7 Å². The molecule has 0 bridgehead atoms. The van der Waals surface area contributed by atoms with Gasteiger partial charge in [-0.25, -0.2) is 9.59 Å². The zero-order valence-electron chi connectivity index (χ0n) is 13.0. The number of nitrogens with one attached hydrogen (secondary N) is 1. The zero-order chi connectivity index (χ0) is 16.3. The fourth-order valence-corrected chi connectivity index (χ4v) is 2.25. The van der Waals surface area contributed by atoms with Crippen molar-refractivity contribution in [3.05, 3.63) is 29.3 Å². The Morgan fingerprint density at radius 2 is 2.14 bits per heavy atom. The first-order valence-corrected chi connectivity index (χ1v) is 7.21. The van der Waals surface area contributed by atoms with E-state index in [0.29, 0.717) is 6.61 Å². The van der Waals surface area contributed by atoms with Gasteiger partial charge in [0.05, 0.1) is 6.61 Å². The number of ether oxygens (including phenoxy) is 2. The van der Waals surface area contributed by atoms with Crippen molar-refractivity contribution in [2.45, 2.75) is 45.3 Å². The van der Waals surface area contributed by atoms with Gasteiger partial charge < -0.3 is 19.9 Å². The summed E-state index contributed by atoms with van der Waals surface area (Å²) in [6.07, 6.45) is 0.284. The van der Waals surface area contributed by atoms with Gasteiger partial charge in [-0.2, -0.15) is 0 Å². The summed E-state index contributed by atoms with van der Waals surface area (Å²) >= 11 is 0. The van der Waals surface area contributed by atoms with Crippen LogP contribution in [0.3, 0.4) is 0 Å². The molecule has 0 spiro atoms. The number of alkyl carbamates (subject to hydrolysis) is 1. The first-order valence-electron chi connectivity index (χ1n) is 7.21. The van der Waals surface area contributed by atoms with E-state index in [0.717, 1.165) is 23.3 Å². The molecule has 2 rings (SSSR count). The van der Waals surface area contributed by atoms with Gasteiger partial charge in [-0.3, -0.25) is 0 Å². The molecule has 1 aliphatic rings. The third-order valence-corrected chi connectivity index (χ3v) is 3.18. The first-order chi connectivity index (χ1) is 10.2. The van der Waals surface area contributed by atoms with E-state index in [1.165, 1.54) is 0 Å². The van der Waals surface area contributed by atoms with E-state index in [2.05, 4.69) is 5.32 Å². The number of hydrogen-bond acceptors (Lipinski definition) is 4. The van der Waals surface area contributed by atoms with Gasteiger partial charge in [0, 0.05) is 12.8 Å². The molecule has 2 N–H and O–H groups in total. The number of carboxylic acid groups (broad SMARTS) is 1. The quantitative estimate of drug-likeness (QED) is 0.890. The van der Waals surface area contributed by atoms with Crippen molar-refractivity contribution in [1.29, 1.82) is 0 Å². The summed E-state index contributed by atoms with van der Waals surface area (Å²) in [6.45, 7) is 5.83. The van der Waals surface area contributed by atoms with Crippen LogP contribution in [0, 0.1) is 0 Å². The van der Waals surface area contributed by atoms with Crippen LogP contribution in [0.5, 0.6) is 5.75 Å². The molecule has 120 valence electrons. The minimum atomic E-state index is -1.09. The zero-order valence-corrected chi connectivity index (χ0v) is 13.0. The minimum Gasteiger partial charge on any atom is -0.493 e. The number of amides is 1. The maximum absolute atomic E-state index is 11.7. The molecule has 0 saturated heterocycles. The van der Waals surface area contributed by atoms with Gasteiger partial charge in [0.1, 0.15) is 17.4 Å². The van der Waals surface area contributed by atoms with Crippen LogP contribution < -0.4 is 10.1 Å². The number of hydrogen-bond donors (Lipinski definition) is 2. The molecule has 0 aromatic heterocycles. The summed E-state index contributed by atoms with van der Waals surface area (Å²) in [5, 5.41) is 11.7. The van der Waals surface area contributed by atoms with Gasteiger partial charge >= 0.3 is 12.1 Å². The van der Waals surface area contributed by atoms with E-state index in [9.17, 15) is 14.7 Å². The second-order valence-electron chi connectivity index (χ2n) is 6.28. The molecule has 1 aliphatic heterocycles. The highest BCUT2D eigenvalue weighted by Gasteiger charge is 2.24. The highest BCUT2D eigenvalue weighted by molar-refractivity contribution is 5.80. The van der Waals surface area contributed by atoms with Gasteiger partial charge in [0.25, 0.3) is 0 Å². The maximum atomic E-state index is 11.7. The largest absolute Gasteiger partial charge is 0.493 e. The molecule has 0 radical (unpaired) electrons. The Morgan fingerprint density at radius 1 is 1.41 bits per heavy atom. The van der Waals surface area contributed by atoms with Gasteiger partial charge in [-0.05, 0) is 38.0 Å². The monoisotopic (exact) mass is 307 g/mol. The van der Waals surface area contributed by atoms with E-state index in [1.807, 2.05) is 18.2 Å². The Bertz CT molecular complexity index is 576. The second-order valence-corrected chi connectivity index (χ2v) is 6.28. The summed E-state index contributed by atoms with van der Waals surface area (Å²) < 4.78 is 10.5. The fraction of sp³-hybridized carbons (Fsp3) is 0.500. The topological polar surface area (TPSA) is 84.9 Å². The summed E-state index contributed by atoms with van der Waals surface area (Å²) in [4.78, 5) is 23.1. The van der Waals surface area contributed by atoms with Crippen LogP contribution >= 0.6 is 0 Å². The molecule has 0 aliphatic carbocycles. The average molecular weight is 307 g/mol. The predicted molar refractivity (Wildman–Crippen MR) is 80.1 cm³/mol.